The summed E-state index contributed by atoms with van der Waals surface area (Å²) in [6.07, 6.45) is 4.44. The van der Waals surface area contributed by atoms with Gasteiger partial charge in [0.2, 0.25) is 23.5 Å². The third kappa shape index (κ3) is 4.75. The highest BCUT2D eigenvalue weighted by molar-refractivity contribution is 6.38. The molecule has 0 aromatic carbocycles. The van der Waals surface area contributed by atoms with Gasteiger partial charge >= 0.3 is 0 Å². The molecule has 2 aliphatic rings. The summed E-state index contributed by atoms with van der Waals surface area (Å²) in [6, 6.07) is -0.704. The molecular formula is C25H38N4O4. The minimum atomic E-state index is -0.705. The first-order chi connectivity index (χ1) is 15.4. The molecule has 0 N–H and O–H groups in total. The number of ketones is 1. The van der Waals surface area contributed by atoms with Crippen LogP contribution in [0.3, 0.4) is 0 Å². The van der Waals surface area contributed by atoms with E-state index in [0.29, 0.717) is 43.3 Å². The zero-order valence-corrected chi connectivity index (χ0v) is 20.9. The molecule has 0 radical (unpaired) electrons. The lowest BCUT2D eigenvalue weighted by atomic mass is 9.82. The maximum atomic E-state index is 13.2. The number of carbonyl (C=O) groups excluding carboxylic acids is 3. The minimum Gasteiger partial charge on any atom is -0.421 e. The molecule has 1 aromatic rings. The van der Waals surface area contributed by atoms with E-state index in [4.69, 9.17) is 4.42 Å². The van der Waals surface area contributed by atoms with Gasteiger partial charge in [-0.3, -0.25) is 14.4 Å². The van der Waals surface area contributed by atoms with Gasteiger partial charge in [0.15, 0.2) is 0 Å². The number of hydrogen-bond acceptors (Lipinski definition) is 6. The van der Waals surface area contributed by atoms with Crippen molar-refractivity contribution in [1.29, 1.82) is 0 Å². The Morgan fingerprint density at radius 3 is 1.79 bits per heavy atom. The van der Waals surface area contributed by atoms with Gasteiger partial charge in [0.05, 0.1) is 0 Å². The third-order valence-electron chi connectivity index (χ3n) is 7.71. The van der Waals surface area contributed by atoms with Crippen molar-refractivity contribution in [3.63, 3.8) is 0 Å². The van der Waals surface area contributed by atoms with Crippen molar-refractivity contribution in [2.45, 2.75) is 92.2 Å². The van der Waals surface area contributed by atoms with Crippen LogP contribution in [0.15, 0.2) is 16.6 Å². The van der Waals surface area contributed by atoms with Crippen LogP contribution in [0.2, 0.25) is 0 Å². The number of rotatable bonds is 8. The van der Waals surface area contributed by atoms with Crippen LogP contribution in [-0.2, 0) is 14.4 Å². The van der Waals surface area contributed by atoms with Gasteiger partial charge in [0.1, 0.15) is 12.1 Å². The van der Waals surface area contributed by atoms with E-state index >= 15 is 0 Å². The Morgan fingerprint density at radius 1 is 0.879 bits per heavy atom. The first kappa shape index (κ1) is 25.1. The summed E-state index contributed by atoms with van der Waals surface area (Å²) in [5.41, 5.74) is -0.404. The largest absolute Gasteiger partial charge is 0.421 e. The lowest BCUT2D eigenvalue weighted by molar-refractivity contribution is -0.150. The number of Topliss-reactive ketones (excluding diaryl/α,β-unsaturated/α-hetero) is 1. The first-order valence-electron chi connectivity index (χ1n) is 12.1. The van der Waals surface area contributed by atoms with Crippen molar-refractivity contribution in [3.8, 4) is 0 Å². The number of hydrogen-bond donors (Lipinski definition) is 0. The summed E-state index contributed by atoms with van der Waals surface area (Å²) >= 11 is 0. The zero-order chi connectivity index (χ0) is 24.6. The van der Waals surface area contributed by atoms with E-state index in [1.807, 2.05) is 27.7 Å². The molecule has 2 aliphatic heterocycles. The van der Waals surface area contributed by atoms with Gasteiger partial charge < -0.3 is 14.2 Å². The molecule has 2 fully saturated rings. The van der Waals surface area contributed by atoms with E-state index < -0.39 is 17.4 Å². The van der Waals surface area contributed by atoms with E-state index in [1.165, 1.54) is 0 Å². The van der Waals surface area contributed by atoms with Gasteiger partial charge in [-0.05, 0) is 43.9 Å². The highest BCUT2D eigenvalue weighted by Gasteiger charge is 2.42. The fourth-order valence-corrected chi connectivity index (χ4v) is 4.31. The van der Waals surface area contributed by atoms with Crippen molar-refractivity contribution in [3.05, 3.63) is 23.9 Å². The number of likely N-dealkylation sites (tertiary alicyclic amines) is 2. The van der Waals surface area contributed by atoms with E-state index in [0.717, 1.165) is 25.7 Å². The Bertz CT molecular complexity index is 860. The Kier molecular flexibility index (Phi) is 7.15. The molecule has 0 aliphatic carbocycles. The number of aromatic nitrogens is 2. The summed E-state index contributed by atoms with van der Waals surface area (Å²) in [5.74, 6) is -0.224. The molecule has 1 aromatic heterocycles. The van der Waals surface area contributed by atoms with Crippen molar-refractivity contribution in [2.24, 2.45) is 10.8 Å². The minimum absolute atomic E-state index is 0.0748. The summed E-state index contributed by atoms with van der Waals surface area (Å²) in [7, 11) is 0. The molecule has 8 nitrogen and oxygen atoms in total. The van der Waals surface area contributed by atoms with Crippen LogP contribution < -0.4 is 0 Å². The second-order valence-electron chi connectivity index (χ2n) is 10.6. The third-order valence-corrected chi connectivity index (χ3v) is 7.71. The molecule has 3 rings (SSSR count). The molecule has 0 saturated carbocycles. The Hall–Kier alpha value is -2.51. The molecule has 0 bridgehead atoms. The van der Waals surface area contributed by atoms with Crippen LogP contribution in [0.1, 0.15) is 104 Å². The monoisotopic (exact) mass is 458 g/mol. The Labute approximate surface area is 196 Å². The molecule has 33 heavy (non-hydrogen) atoms. The highest BCUT2D eigenvalue weighted by Crippen LogP contribution is 2.39. The Balaban J connectivity index is 1.78. The van der Waals surface area contributed by atoms with Crippen LogP contribution in [0.4, 0.5) is 0 Å². The van der Waals surface area contributed by atoms with Crippen molar-refractivity contribution in [1.82, 2.24) is 20.0 Å². The second kappa shape index (κ2) is 9.39. The van der Waals surface area contributed by atoms with Crippen LogP contribution in [0.5, 0.6) is 0 Å². The fourth-order valence-electron chi connectivity index (χ4n) is 4.31. The lowest BCUT2D eigenvalue weighted by Gasteiger charge is -2.30. The molecular weight excluding hydrogens is 420 g/mol. The number of nitrogens with zero attached hydrogens (tertiary/aromatic N) is 4. The standard InChI is InChI=1S/C25H38N4O4/c1-8-24(4,5)16(3)22(31)28-14-10-12-17(28)20-26-27-21(33-20)18-13-11-15-29(18)23(32)19(30)25(6,7)9-2/h17-18H,3,8-15H2,1-2,4-7H3. The topological polar surface area (TPSA) is 96.6 Å². The van der Waals surface area contributed by atoms with Crippen LogP contribution in [-0.4, -0.2) is 50.7 Å². The van der Waals surface area contributed by atoms with Crippen LogP contribution in [0.25, 0.3) is 0 Å². The number of carbonyl (C=O) groups is 3. The first-order valence-corrected chi connectivity index (χ1v) is 12.1. The summed E-state index contributed by atoms with van der Waals surface area (Å²) < 4.78 is 6.04. The molecule has 182 valence electrons. The maximum absolute atomic E-state index is 13.2. The molecule has 0 spiro atoms. The lowest BCUT2D eigenvalue weighted by Crippen LogP contribution is -2.42. The van der Waals surface area contributed by atoms with E-state index in [1.54, 1.807) is 23.6 Å². The van der Waals surface area contributed by atoms with E-state index in [-0.39, 0.29) is 23.1 Å². The average Bonchev–Trinajstić information content (AvgIpc) is 3.55. The highest BCUT2D eigenvalue weighted by atomic mass is 16.4. The zero-order valence-electron chi connectivity index (χ0n) is 20.9. The maximum Gasteiger partial charge on any atom is 0.291 e. The second-order valence-corrected chi connectivity index (χ2v) is 10.6. The van der Waals surface area contributed by atoms with Crippen LogP contribution >= 0.6 is 0 Å². The van der Waals surface area contributed by atoms with Crippen LogP contribution in [0, 0.1) is 10.8 Å². The molecule has 2 atom stereocenters. The SMILES string of the molecule is C=C(C(=O)N1CCCC1c1nnc(C2CCCN2C(=O)C(=O)C(C)(C)CC)o1)C(C)(C)CC. The average molecular weight is 459 g/mol. The Morgan fingerprint density at radius 2 is 1.33 bits per heavy atom. The van der Waals surface area contributed by atoms with Crippen molar-refractivity contribution >= 4 is 17.6 Å². The van der Waals surface area contributed by atoms with Gasteiger partial charge in [0, 0.05) is 24.1 Å². The van der Waals surface area contributed by atoms with Crippen molar-refractivity contribution in [2.75, 3.05) is 13.1 Å². The van der Waals surface area contributed by atoms with Gasteiger partial charge in [-0.15, -0.1) is 10.2 Å². The molecule has 2 amide bonds. The molecule has 2 saturated heterocycles. The molecule has 8 heteroatoms. The van der Waals surface area contributed by atoms with Gasteiger partial charge in [-0.1, -0.05) is 48.1 Å². The smallest absolute Gasteiger partial charge is 0.291 e. The normalized spacial score (nSPS) is 21.5. The van der Waals surface area contributed by atoms with Gasteiger partial charge in [-0.25, -0.2) is 0 Å². The fraction of sp³-hybridized carbons (Fsp3) is 0.720. The molecule has 3 heterocycles. The summed E-state index contributed by atoms with van der Waals surface area (Å²) in [5, 5.41) is 8.50. The summed E-state index contributed by atoms with van der Waals surface area (Å²) in [6.45, 7) is 16.8. The predicted octanol–water partition coefficient (Wildman–Crippen LogP) is 4.39. The number of amides is 2. The summed E-state index contributed by atoms with van der Waals surface area (Å²) in [4.78, 5) is 42.2. The van der Waals surface area contributed by atoms with E-state index in [9.17, 15) is 14.4 Å². The van der Waals surface area contributed by atoms with Gasteiger partial charge in [0.25, 0.3) is 5.91 Å². The van der Waals surface area contributed by atoms with Crippen molar-refractivity contribution < 1.29 is 18.8 Å². The quantitative estimate of drug-likeness (QED) is 0.423. The molecule has 2 unspecified atom stereocenters. The van der Waals surface area contributed by atoms with Gasteiger partial charge in [-0.2, -0.15) is 0 Å². The van der Waals surface area contributed by atoms with E-state index in [2.05, 4.69) is 16.8 Å². The predicted molar refractivity (Wildman–Crippen MR) is 124 cm³/mol.